The van der Waals surface area contributed by atoms with E-state index < -0.39 is 0 Å². The summed E-state index contributed by atoms with van der Waals surface area (Å²) in [6.07, 6.45) is 0. The lowest BCUT2D eigenvalue weighted by Gasteiger charge is -2.21. The SMILES string of the molecule is CCOc1cccc(CN(CC)CC(=O)NC(C)C)c1O. The van der Waals surface area contributed by atoms with Crippen molar-refractivity contribution in [1.29, 1.82) is 0 Å². The van der Waals surface area contributed by atoms with Crippen molar-refractivity contribution in [1.82, 2.24) is 10.2 Å². The fourth-order valence-electron chi connectivity index (χ4n) is 2.06. The monoisotopic (exact) mass is 294 g/mol. The number of nitrogens with one attached hydrogen (secondary N) is 1. The Labute approximate surface area is 126 Å². The number of amides is 1. The van der Waals surface area contributed by atoms with Gasteiger partial charge in [0.25, 0.3) is 0 Å². The van der Waals surface area contributed by atoms with Gasteiger partial charge < -0.3 is 15.2 Å². The summed E-state index contributed by atoms with van der Waals surface area (Å²) in [7, 11) is 0. The molecule has 0 fully saturated rings. The maximum Gasteiger partial charge on any atom is 0.234 e. The molecular formula is C16H26N2O3. The van der Waals surface area contributed by atoms with Crippen LogP contribution in [-0.2, 0) is 11.3 Å². The van der Waals surface area contributed by atoms with Crippen LogP contribution in [0, 0.1) is 0 Å². The number of phenolic OH excluding ortho intramolecular Hbond substituents is 1. The topological polar surface area (TPSA) is 61.8 Å². The van der Waals surface area contributed by atoms with Gasteiger partial charge in [-0.2, -0.15) is 0 Å². The van der Waals surface area contributed by atoms with Gasteiger partial charge >= 0.3 is 0 Å². The summed E-state index contributed by atoms with van der Waals surface area (Å²) in [5, 5.41) is 13.1. The highest BCUT2D eigenvalue weighted by Gasteiger charge is 2.14. The van der Waals surface area contributed by atoms with Gasteiger partial charge in [-0.1, -0.05) is 19.1 Å². The van der Waals surface area contributed by atoms with Crippen molar-refractivity contribution in [2.75, 3.05) is 19.7 Å². The Morgan fingerprint density at radius 3 is 2.67 bits per heavy atom. The Morgan fingerprint density at radius 2 is 2.10 bits per heavy atom. The predicted molar refractivity (Wildman–Crippen MR) is 83.5 cm³/mol. The van der Waals surface area contributed by atoms with E-state index >= 15 is 0 Å². The number of benzene rings is 1. The number of aromatic hydroxyl groups is 1. The fraction of sp³-hybridized carbons (Fsp3) is 0.562. The number of carbonyl (C=O) groups is 1. The van der Waals surface area contributed by atoms with E-state index in [4.69, 9.17) is 4.74 Å². The van der Waals surface area contributed by atoms with E-state index in [9.17, 15) is 9.90 Å². The van der Waals surface area contributed by atoms with Crippen molar-refractivity contribution in [2.24, 2.45) is 0 Å². The first-order valence-electron chi connectivity index (χ1n) is 7.43. The molecule has 2 N–H and O–H groups in total. The summed E-state index contributed by atoms with van der Waals surface area (Å²) in [5.41, 5.74) is 0.764. The molecule has 0 saturated carbocycles. The highest BCUT2D eigenvalue weighted by Crippen LogP contribution is 2.30. The molecule has 1 rings (SSSR count). The second kappa shape index (κ2) is 8.52. The van der Waals surface area contributed by atoms with Gasteiger partial charge in [-0.15, -0.1) is 0 Å². The third-order valence-electron chi connectivity index (χ3n) is 3.04. The second-order valence-electron chi connectivity index (χ2n) is 5.22. The molecule has 0 aliphatic heterocycles. The summed E-state index contributed by atoms with van der Waals surface area (Å²) >= 11 is 0. The number of hydrogen-bond donors (Lipinski definition) is 2. The lowest BCUT2D eigenvalue weighted by Crippen LogP contribution is -2.39. The van der Waals surface area contributed by atoms with E-state index in [2.05, 4.69) is 5.32 Å². The normalized spacial score (nSPS) is 11.0. The fourth-order valence-corrected chi connectivity index (χ4v) is 2.06. The van der Waals surface area contributed by atoms with Crippen molar-refractivity contribution >= 4 is 5.91 Å². The smallest absolute Gasteiger partial charge is 0.234 e. The van der Waals surface area contributed by atoms with Gasteiger partial charge in [-0.05, 0) is 33.4 Å². The number of ether oxygens (including phenoxy) is 1. The first kappa shape index (κ1) is 17.3. The summed E-state index contributed by atoms with van der Waals surface area (Å²) in [5.74, 6) is 0.632. The van der Waals surface area contributed by atoms with Crippen molar-refractivity contribution in [2.45, 2.75) is 40.3 Å². The minimum absolute atomic E-state index is 0.00713. The minimum Gasteiger partial charge on any atom is -0.504 e. The van der Waals surface area contributed by atoms with Crippen molar-refractivity contribution in [3.05, 3.63) is 23.8 Å². The average Bonchev–Trinajstić information content (AvgIpc) is 2.41. The van der Waals surface area contributed by atoms with Crippen LogP contribution in [0.3, 0.4) is 0 Å². The molecule has 0 bridgehead atoms. The van der Waals surface area contributed by atoms with E-state index in [0.717, 1.165) is 12.1 Å². The molecule has 5 nitrogen and oxygen atoms in total. The van der Waals surface area contributed by atoms with E-state index in [-0.39, 0.29) is 17.7 Å². The zero-order chi connectivity index (χ0) is 15.8. The van der Waals surface area contributed by atoms with Crippen molar-refractivity contribution < 1.29 is 14.6 Å². The molecule has 0 heterocycles. The van der Waals surface area contributed by atoms with Gasteiger partial charge in [0.05, 0.1) is 13.2 Å². The largest absolute Gasteiger partial charge is 0.504 e. The molecule has 1 aromatic rings. The van der Waals surface area contributed by atoms with Crippen molar-refractivity contribution in [3.63, 3.8) is 0 Å². The zero-order valence-electron chi connectivity index (χ0n) is 13.3. The van der Waals surface area contributed by atoms with E-state index in [1.165, 1.54) is 0 Å². The molecule has 0 aromatic heterocycles. The molecule has 21 heavy (non-hydrogen) atoms. The van der Waals surface area contributed by atoms with Gasteiger partial charge in [0, 0.05) is 18.2 Å². The second-order valence-corrected chi connectivity index (χ2v) is 5.22. The molecule has 0 radical (unpaired) electrons. The number of hydrogen-bond acceptors (Lipinski definition) is 4. The summed E-state index contributed by atoms with van der Waals surface area (Å²) < 4.78 is 5.38. The molecule has 0 spiro atoms. The number of likely N-dealkylation sites (N-methyl/N-ethyl adjacent to an activating group) is 1. The first-order chi connectivity index (χ1) is 9.97. The molecule has 5 heteroatoms. The zero-order valence-corrected chi connectivity index (χ0v) is 13.3. The molecule has 0 saturated heterocycles. The number of carbonyl (C=O) groups excluding carboxylic acids is 1. The van der Waals surface area contributed by atoms with Crippen LogP contribution in [0.5, 0.6) is 11.5 Å². The third-order valence-corrected chi connectivity index (χ3v) is 3.04. The predicted octanol–water partition coefficient (Wildman–Crippen LogP) is 2.14. The lowest BCUT2D eigenvalue weighted by atomic mass is 10.1. The van der Waals surface area contributed by atoms with Crippen LogP contribution in [0.4, 0.5) is 0 Å². The number of rotatable bonds is 8. The Balaban J connectivity index is 2.73. The van der Waals surface area contributed by atoms with Crippen LogP contribution in [0.1, 0.15) is 33.3 Å². The Morgan fingerprint density at radius 1 is 1.38 bits per heavy atom. The highest BCUT2D eigenvalue weighted by atomic mass is 16.5. The lowest BCUT2D eigenvalue weighted by molar-refractivity contribution is -0.122. The first-order valence-corrected chi connectivity index (χ1v) is 7.43. The van der Waals surface area contributed by atoms with Crippen LogP contribution in [0.25, 0.3) is 0 Å². The van der Waals surface area contributed by atoms with Crippen LogP contribution in [0.15, 0.2) is 18.2 Å². The number of para-hydroxylation sites is 1. The van der Waals surface area contributed by atoms with Crippen LogP contribution in [0.2, 0.25) is 0 Å². The molecule has 118 valence electrons. The van der Waals surface area contributed by atoms with Gasteiger partial charge in [-0.3, -0.25) is 9.69 Å². The van der Waals surface area contributed by atoms with Gasteiger partial charge in [0.2, 0.25) is 5.91 Å². The van der Waals surface area contributed by atoms with E-state index in [1.54, 1.807) is 6.07 Å². The molecule has 0 aliphatic rings. The summed E-state index contributed by atoms with van der Waals surface area (Å²) in [4.78, 5) is 13.8. The maximum absolute atomic E-state index is 11.8. The summed E-state index contributed by atoms with van der Waals surface area (Å²) in [6, 6.07) is 5.57. The standard InChI is InChI=1S/C16H26N2O3/c1-5-18(11-15(19)17-12(3)4)10-13-8-7-9-14(16(13)20)21-6-2/h7-9,12,20H,5-6,10-11H2,1-4H3,(H,17,19). The van der Waals surface area contributed by atoms with Gasteiger partial charge in [-0.25, -0.2) is 0 Å². The minimum atomic E-state index is -0.00713. The van der Waals surface area contributed by atoms with E-state index in [0.29, 0.717) is 25.4 Å². The third kappa shape index (κ3) is 5.63. The number of phenols is 1. The molecule has 0 atom stereocenters. The van der Waals surface area contributed by atoms with Crippen molar-refractivity contribution in [3.8, 4) is 11.5 Å². The van der Waals surface area contributed by atoms with Crippen LogP contribution in [-0.4, -0.2) is 41.7 Å². The van der Waals surface area contributed by atoms with Gasteiger partial charge in [0.15, 0.2) is 11.5 Å². The Hall–Kier alpha value is -1.75. The quantitative estimate of drug-likeness (QED) is 0.771. The maximum atomic E-state index is 11.8. The highest BCUT2D eigenvalue weighted by molar-refractivity contribution is 5.78. The molecule has 1 amide bonds. The van der Waals surface area contributed by atoms with Crippen LogP contribution >= 0.6 is 0 Å². The summed E-state index contributed by atoms with van der Waals surface area (Å²) in [6.45, 7) is 9.79. The molecule has 0 aliphatic carbocycles. The molecule has 1 aromatic carbocycles. The Bertz CT molecular complexity index is 461. The molecular weight excluding hydrogens is 268 g/mol. The molecule has 0 unspecified atom stereocenters. The average molecular weight is 294 g/mol. The van der Waals surface area contributed by atoms with Crippen LogP contribution < -0.4 is 10.1 Å². The van der Waals surface area contributed by atoms with Gasteiger partial charge in [0.1, 0.15) is 0 Å². The Kier molecular flexibility index (Phi) is 7.02. The number of nitrogens with zero attached hydrogens (tertiary/aromatic N) is 1. The van der Waals surface area contributed by atoms with E-state index in [1.807, 2.05) is 44.7 Å².